The molecule has 23 heavy (non-hydrogen) atoms. The van der Waals surface area contributed by atoms with Crippen molar-refractivity contribution >= 4 is 23.3 Å². The lowest BCUT2D eigenvalue weighted by molar-refractivity contribution is -0.398. The SMILES string of the molecule is O=[N+]([O-])c1cccc(C=Nc2ccccc2N2CCCC2)c1[O-]. The predicted molar refractivity (Wildman–Crippen MR) is 87.7 cm³/mol. The van der Waals surface area contributed by atoms with E-state index in [9.17, 15) is 15.2 Å². The highest BCUT2D eigenvalue weighted by Gasteiger charge is 2.15. The van der Waals surface area contributed by atoms with E-state index in [0.717, 1.165) is 37.3 Å². The van der Waals surface area contributed by atoms with Crippen molar-refractivity contribution in [3.05, 3.63) is 58.1 Å². The first-order valence-corrected chi connectivity index (χ1v) is 7.49. The van der Waals surface area contributed by atoms with E-state index in [1.165, 1.54) is 24.4 Å². The van der Waals surface area contributed by atoms with Crippen LogP contribution in [0.1, 0.15) is 18.4 Å². The molecule has 3 rings (SSSR count). The van der Waals surface area contributed by atoms with Gasteiger partial charge in [-0.05, 0) is 36.3 Å². The van der Waals surface area contributed by atoms with E-state index < -0.39 is 16.4 Å². The Morgan fingerprint density at radius 2 is 1.83 bits per heavy atom. The maximum Gasteiger partial charge on any atom is 0.262 e. The quantitative estimate of drug-likeness (QED) is 0.494. The van der Waals surface area contributed by atoms with E-state index >= 15 is 0 Å². The molecule has 1 saturated heterocycles. The van der Waals surface area contributed by atoms with Crippen LogP contribution in [0.2, 0.25) is 0 Å². The molecule has 0 radical (unpaired) electrons. The molecule has 0 aromatic heterocycles. The summed E-state index contributed by atoms with van der Waals surface area (Å²) in [6, 6.07) is 12.0. The lowest BCUT2D eigenvalue weighted by atomic mass is 10.2. The first-order chi connectivity index (χ1) is 11.2. The summed E-state index contributed by atoms with van der Waals surface area (Å²) in [5.74, 6) is -0.611. The van der Waals surface area contributed by atoms with E-state index in [1.54, 1.807) is 0 Å². The molecular formula is C17H16N3O3-. The zero-order valence-electron chi connectivity index (χ0n) is 12.5. The lowest BCUT2D eigenvalue weighted by Gasteiger charge is -2.19. The van der Waals surface area contributed by atoms with Crippen molar-refractivity contribution in [1.82, 2.24) is 0 Å². The fourth-order valence-corrected chi connectivity index (χ4v) is 2.73. The zero-order chi connectivity index (χ0) is 16.2. The van der Waals surface area contributed by atoms with Crippen LogP contribution in [0.5, 0.6) is 5.75 Å². The van der Waals surface area contributed by atoms with Crippen LogP contribution in [-0.4, -0.2) is 24.2 Å². The molecule has 0 bridgehead atoms. The van der Waals surface area contributed by atoms with Gasteiger partial charge in [-0.15, -0.1) is 0 Å². The second-order valence-electron chi connectivity index (χ2n) is 5.39. The highest BCUT2D eigenvalue weighted by atomic mass is 16.6. The van der Waals surface area contributed by atoms with Gasteiger partial charge in [-0.3, -0.25) is 15.1 Å². The molecule has 6 heteroatoms. The van der Waals surface area contributed by atoms with E-state index in [1.807, 2.05) is 24.3 Å². The van der Waals surface area contributed by atoms with E-state index in [4.69, 9.17) is 0 Å². The van der Waals surface area contributed by atoms with Crippen LogP contribution in [0.25, 0.3) is 0 Å². The Labute approximate surface area is 133 Å². The first kappa shape index (κ1) is 15.0. The van der Waals surface area contributed by atoms with Crippen LogP contribution in [0, 0.1) is 10.1 Å². The number of hydrogen-bond donors (Lipinski definition) is 0. The number of hydrogen-bond acceptors (Lipinski definition) is 5. The molecule has 0 aliphatic carbocycles. The summed E-state index contributed by atoms with van der Waals surface area (Å²) in [7, 11) is 0. The summed E-state index contributed by atoms with van der Waals surface area (Å²) in [6.45, 7) is 1.99. The Bertz CT molecular complexity index is 752. The standard InChI is InChI=1S/C17H17N3O3/c21-17-13(6-5-9-16(17)20(22)23)12-18-14-7-1-2-8-15(14)19-10-3-4-11-19/h1-2,5-9,12,21H,3-4,10-11H2/p-1. The Kier molecular flexibility index (Phi) is 4.23. The van der Waals surface area contributed by atoms with Gasteiger partial charge in [0.05, 0.1) is 16.3 Å². The van der Waals surface area contributed by atoms with E-state index in [-0.39, 0.29) is 5.56 Å². The van der Waals surface area contributed by atoms with Gasteiger partial charge in [-0.25, -0.2) is 0 Å². The molecule has 1 heterocycles. The Hall–Kier alpha value is -2.89. The molecule has 0 spiro atoms. The molecule has 0 unspecified atom stereocenters. The van der Waals surface area contributed by atoms with Gasteiger partial charge in [0.2, 0.25) is 0 Å². The molecule has 1 aliphatic rings. The minimum Gasteiger partial charge on any atom is -0.867 e. The van der Waals surface area contributed by atoms with Crippen LogP contribution < -0.4 is 10.0 Å². The van der Waals surface area contributed by atoms with Crippen molar-refractivity contribution in [1.29, 1.82) is 0 Å². The van der Waals surface area contributed by atoms with Crippen molar-refractivity contribution < 1.29 is 10.0 Å². The third-order valence-electron chi connectivity index (χ3n) is 3.89. The number of anilines is 1. The highest BCUT2D eigenvalue weighted by molar-refractivity contribution is 5.88. The number of benzene rings is 2. The van der Waals surface area contributed by atoms with Crippen LogP contribution in [0.4, 0.5) is 17.1 Å². The van der Waals surface area contributed by atoms with Gasteiger partial charge in [0.25, 0.3) is 5.69 Å². The minimum atomic E-state index is -0.669. The Balaban J connectivity index is 1.92. The smallest absolute Gasteiger partial charge is 0.262 e. The third-order valence-corrected chi connectivity index (χ3v) is 3.89. The number of rotatable bonds is 4. The minimum absolute atomic E-state index is 0.218. The molecule has 0 saturated carbocycles. The summed E-state index contributed by atoms with van der Waals surface area (Å²) < 4.78 is 0. The van der Waals surface area contributed by atoms with Crippen molar-refractivity contribution in [2.45, 2.75) is 12.8 Å². The normalized spacial score (nSPS) is 14.5. The van der Waals surface area contributed by atoms with Crippen LogP contribution in [-0.2, 0) is 0 Å². The summed E-state index contributed by atoms with van der Waals surface area (Å²) in [5.41, 5.74) is 1.58. The van der Waals surface area contributed by atoms with E-state index in [0.29, 0.717) is 0 Å². The average Bonchev–Trinajstić information content (AvgIpc) is 3.08. The zero-order valence-corrected chi connectivity index (χ0v) is 12.5. The lowest BCUT2D eigenvalue weighted by Crippen LogP contribution is -2.17. The van der Waals surface area contributed by atoms with Gasteiger partial charge in [-0.1, -0.05) is 24.3 Å². The van der Waals surface area contributed by atoms with Gasteiger partial charge in [-0.2, -0.15) is 0 Å². The third kappa shape index (κ3) is 3.15. The van der Waals surface area contributed by atoms with Crippen LogP contribution in [0.15, 0.2) is 47.5 Å². The molecule has 2 aromatic carbocycles. The molecule has 2 aromatic rings. The topological polar surface area (TPSA) is 81.8 Å². The van der Waals surface area contributed by atoms with Crippen LogP contribution >= 0.6 is 0 Å². The summed E-state index contributed by atoms with van der Waals surface area (Å²) in [6.07, 6.45) is 3.73. The number of aliphatic imine (C=N–C) groups is 1. The first-order valence-electron chi connectivity index (χ1n) is 7.49. The second kappa shape index (κ2) is 6.48. The predicted octanol–water partition coefficient (Wildman–Crippen LogP) is 3.02. The largest absolute Gasteiger partial charge is 0.867 e. The number of para-hydroxylation sites is 3. The second-order valence-corrected chi connectivity index (χ2v) is 5.39. The molecule has 1 aliphatic heterocycles. The number of nitro groups is 1. The Morgan fingerprint density at radius 3 is 2.57 bits per heavy atom. The maximum atomic E-state index is 12.0. The number of nitro benzene ring substituents is 1. The van der Waals surface area contributed by atoms with Crippen LogP contribution in [0.3, 0.4) is 0 Å². The van der Waals surface area contributed by atoms with E-state index in [2.05, 4.69) is 9.89 Å². The molecule has 0 N–H and O–H groups in total. The fraction of sp³-hybridized carbons (Fsp3) is 0.235. The monoisotopic (exact) mass is 310 g/mol. The average molecular weight is 310 g/mol. The molecular weight excluding hydrogens is 294 g/mol. The number of nitrogens with zero attached hydrogens (tertiary/aromatic N) is 3. The van der Waals surface area contributed by atoms with Gasteiger partial charge >= 0.3 is 0 Å². The van der Waals surface area contributed by atoms with Gasteiger partial charge in [0, 0.05) is 25.4 Å². The van der Waals surface area contributed by atoms with Gasteiger partial charge < -0.3 is 10.0 Å². The van der Waals surface area contributed by atoms with Crippen molar-refractivity contribution in [3.63, 3.8) is 0 Å². The summed E-state index contributed by atoms with van der Waals surface area (Å²) in [5, 5.41) is 22.9. The highest BCUT2D eigenvalue weighted by Crippen LogP contribution is 2.31. The van der Waals surface area contributed by atoms with Crippen molar-refractivity contribution in [2.24, 2.45) is 4.99 Å². The molecule has 1 fully saturated rings. The summed E-state index contributed by atoms with van der Waals surface area (Å²) >= 11 is 0. The molecule has 118 valence electrons. The summed E-state index contributed by atoms with van der Waals surface area (Å²) in [4.78, 5) is 16.8. The van der Waals surface area contributed by atoms with Crippen molar-refractivity contribution in [2.75, 3.05) is 18.0 Å². The molecule has 0 atom stereocenters. The van der Waals surface area contributed by atoms with Gasteiger partial charge in [0.15, 0.2) is 0 Å². The molecule has 0 amide bonds. The van der Waals surface area contributed by atoms with Crippen molar-refractivity contribution in [3.8, 4) is 5.75 Å². The Morgan fingerprint density at radius 1 is 1.09 bits per heavy atom. The molecule has 6 nitrogen and oxygen atoms in total. The fourth-order valence-electron chi connectivity index (χ4n) is 2.73. The maximum absolute atomic E-state index is 12.0. The van der Waals surface area contributed by atoms with Gasteiger partial charge in [0.1, 0.15) is 0 Å².